The number of nitrogens with one attached hydrogen (secondary N) is 1. The highest BCUT2D eigenvalue weighted by Gasteiger charge is 2.37. The van der Waals surface area contributed by atoms with E-state index in [4.69, 9.17) is 4.74 Å². The van der Waals surface area contributed by atoms with Crippen LogP contribution < -0.4 is 5.32 Å². The highest BCUT2D eigenvalue weighted by molar-refractivity contribution is 5.39. The molecule has 0 aromatic heterocycles. The topological polar surface area (TPSA) is 45.0 Å². The van der Waals surface area contributed by atoms with Crippen LogP contribution in [0.1, 0.15) is 24.0 Å². The van der Waals surface area contributed by atoms with Gasteiger partial charge in [0.25, 0.3) is 0 Å². The van der Waals surface area contributed by atoms with Gasteiger partial charge in [0.05, 0.1) is 12.2 Å². The number of hydrogen-bond donors (Lipinski definition) is 1. The van der Waals surface area contributed by atoms with Crippen LogP contribution in [0.2, 0.25) is 0 Å². The van der Waals surface area contributed by atoms with E-state index < -0.39 is 5.54 Å². The SMILES string of the molecule is N#CC1(NCC2CCCO2)Cc2ccccc2C1. The van der Waals surface area contributed by atoms with Gasteiger partial charge >= 0.3 is 0 Å². The maximum atomic E-state index is 9.51. The number of rotatable bonds is 3. The third kappa shape index (κ3) is 2.14. The van der Waals surface area contributed by atoms with Crippen molar-refractivity contribution in [3.63, 3.8) is 0 Å². The van der Waals surface area contributed by atoms with Gasteiger partial charge in [0.15, 0.2) is 0 Å². The van der Waals surface area contributed by atoms with Crippen molar-refractivity contribution in [3.8, 4) is 6.07 Å². The van der Waals surface area contributed by atoms with E-state index in [1.807, 2.05) is 12.1 Å². The van der Waals surface area contributed by atoms with E-state index in [2.05, 4.69) is 23.5 Å². The predicted octanol–water partition coefficient (Wildman–Crippen LogP) is 1.82. The predicted molar refractivity (Wildman–Crippen MR) is 69.2 cm³/mol. The number of hydrogen-bond acceptors (Lipinski definition) is 3. The molecule has 3 rings (SSSR count). The Bertz CT molecular complexity index is 447. The lowest BCUT2D eigenvalue weighted by atomic mass is 9.97. The fraction of sp³-hybridized carbons (Fsp3) is 0.533. The minimum atomic E-state index is -0.421. The molecule has 1 atom stereocenters. The molecule has 1 aromatic rings. The fourth-order valence-corrected chi connectivity index (χ4v) is 2.97. The van der Waals surface area contributed by atoms with E-state index in [1.54, 1.807) is 0 Å². The van der Waals surface area contributed by atoms with Crippen LogP contribution in [0.15, 0.2) is 24.3 Å². The van der Waals surface area contributed by atoms with Gasteiger partial charge in [0.2, 0.25) is 0 Å². The van der Waals surface area contributed by atoms with Gasteiger partial charge in [-0.15, -0.1) is 0 Å². The zero-order valence-electron chi connectivity index (χ0n) is 10.5. The van der Waals surface area contributed by atoms with Crippen LogP contribution in [0.25, 0.3) is 0 Å². The summed E-state index contributed by atoms with van der Waals surface area (Å²) in [7, 11) is 0. The van der Waals surface area contributed by atoms with Gasteiger partial charge in [-0.3, -0.25) is 5.32 Å². The molecule has 3 heteroatoms. The molecule has 0 spiro atoms. The van der Waals surface area contributed by atoms with Gasteiger partial charge in [0, 0.05) is 26.0 Å². The van der Waals surface area contributed by atoms with Crippen LogP contribution in [0.3, 0.4) is 0 Å². The molecule has 1 unspecified atom stereocenters. The summed E-state index contributed by atoms with van der Waals surface area (Å²) in [6.45, 7) is 1.66. The van der Waals surface area contributed by atoms with Crippen LogP contribution in [0, 0.1) is 11.3 Å². The van der Waals surface area contributed by atoms with Crippen molar-refractivity contribution in [2.45, 2.75) is 37.3 Å². The molecular formula is C15H18N2O. The largest absolute Gasteiger partial charge is 0.377 e. The first kappa shape index (κ1) is 11.7. The second-order valence-electron chi connectivity index (χ2n) is 5.33. The van der Waals surface area contributed by atoms with Gasteiger partial charge < -0.3 is 4.74 Å². The summed E-state index contributed by atoms with van der Waals surface area (Å²) in [5, 5.41) is 13.0. The molecule has 0 bridgehead atoms. The summed E-state index contributed by atoms with van der Waals surface area (Å²) < 4.78 is 5.61. The molecule has 1 aliphatic carbocycles. The Morgan fingerprint density at radius 3 is 2.61 bits per heavy atom. The molecule has 1 aliphatic heterocycles. The van der Waals surface area contributed by atoms with E-state index in [9.17, 15) is 5.26 Å². The van der Waals surface area contributed by atoms with Crippen LogP contribution >= 0.6 is 0 Å². The van der Waals surface area contributed by atoms with E-state index >= 15 is 0 Å². The van der Waals surface area contributed by atoms with Crippen molar-refractivity contribution in [2.75, 3.05) is 13.2 Å². The summed E-state index contributed by atoms with van der Waals surface area (Å²) in [4.78, 5) is 0. The monoisotopic (exact) mass is 242 g/mol. The zero-order valence-corrected chi connectivity index (χ0v) is 10.5. The molecule has 94 valence electrons. The molecule has 3 nitrogen and oxygen atoms in total. The van der Waals surface area contributed by atoms with Crippen molar-refractivity contribution in [1.29, 1.82) is 5.26 Å². The smallest absolute Gasteiger partial charge is 0.114 e. The number of nitriles is 1. The Kier molecular flexibility index (Phi) is 3.07. The molecule has 0 radical (unpaired) electrons. The number of benzene rings is 1. The second-order valence-corrected chi connectivity index (χ2v) is 5.33. The van der Waals surface area contributed by atoms with Crippen LogP contribution in [0.4, 0.5) is 0 Å². The lowest BCUT2D eigenvalue weighted by molar-refractivity contribution is 0.105. The average Bonchev–Trinajstić information content (AvgIpc) is 3.03. The normalized spacial score (nSPS) is 24.7. The van der Waals surface area contributed by atoms with Crippen molar-refractivity contribution in [1.82, 2.24) is 5.32 Å². The van der Waals surface area contributed by atoms with Crippen LogP contribution in [-0.4, -0.2) is 24.8 Å². The van der Waals surface area contributed by atoms with Crippen LogP contribution in [-0.2, 0) is 17.6 Å². The molecule has 18 heavy (non-hydrogen) atoms. The van der Waals surface area contributed by atoms with Gasteiger partial charge in [-0.1, -0.05) is 24.3 Å². The highest BCUT2D eigenvalue weighted by Crippen LogP contribution is 2.29. The quantitative estimate of drug-likeness (QED) is 0.879. The van der Waals surface area contributed by atoms with E-state index in [1.165, 1.54) is 11.1 Å². The first-order chi connectivity index (χ1) is 8.81. The minimum absolute atomic E-state index is 0.291. The van der Waals surface area contributed by atoms with Crippen molar-refractivity contribution >= 4 is 0 Å². The molecule has 2 aliphatic rings. The van der Waals surface area contributed by atoms with E-state index in [-0.39, 0.29) is 0 Å². The Morgan fingerprint density at radius 1 is 1.33 bits per heavy atom. The molecule has 1 N–H and O–H groups in total. The van der Waals surface area contributed by atoms with Crippen molar-refractivity contribution in [3.05, 3.63) is 35.4 Å². The van der Waals surface area contributed by atoms with E-state index in [0.29, 0.717) is 6.10 Å². The van der Waals surface area contributed by atoms with Gasteiger partial charge in [-0.05, 0) is 24.0 Å². The maximum Gasteiger partial charge on any atom is 0.114 e. The molecular weight excluding hydrogens is 224 g/mol. The summed E-state index contributed by atoms with van der Waals surface area (Å²) in [5.41, 5.74) is 2.19. The summed E-state index contributed by atoms with van der Waals surface area (Å²) in [6.07, 6.45) is 4.17. The maximum absolute atomic E-state index is 9.51. The summed E-state index contributed by atoms with van der Waals surface area (Å²) in [5.74, 6) is 0. The average molecular weight is 242 g/mol. The summed E-state index contributed by atoms with van der Waals surface area (Å²) >= 11 is 0. The number of nitrogens with zero attached hydrogens (tertiary/aromatic N) is 1. The number of ether oxygens (including phenoxy) is 1. The highest BCUT2D eigenvalue weighted by atomic mass is 16.5. The summed E-state index contributed by atoms with van der Waals surface area (Å²) in [6, 6.07) is 10.8. The third-order valence-corrected chi connectivity index (χ3v) is 4.01. The first-order valence-corrected chi connectivity index (χ1v) is 6.66. The molecule has 0 amide bonds. The lowest BCUT2D eigenvalue weighted by Crippen LogP contribution is -2.47. The van der Waals surface area contributed by atoms with Gasteiger partial charge in [0.1, 0.15) is 5.54 Å². The Labute approximate surface area is 108 Å². The Morgan fingerprint density at radius 2 is 2.06 bits per heavy atom. The Balaban J connectivity index is 1.68. The molecule has 0 saturated carbocycles. The lowest BCUT2D eigenvalue weighted by Gasteiger charge is -2.24. The van der Waals surface area contributed by atoms with Gasteiger partial charge in [-0.2, -0.15) is 5.26 Å². The van der Waals surface area contributed by atoms with E-state index in [0.717, 1.165) is 38.8 Å². The molecule has 1 aromatic carbocycles. The third-order valence-electron chi connectivity index (χ3n) is 4.01. The number of fused-ring (bicyclic) bond motifs is 1. The zero-order chi connectivity index (χ0) is 12.4. The van der Waals surface area contributed by atoms with Crippen LogP contribution in [0.5, 0.6) is 0 Å². The molecule has 1 fully saturated rings. The molecule has 1 heterocycles. The first-order valence-electron chi connectivity index (χ1n) is 6.66. The molecule has 1 saturated heterocycles. The van der Waals surface area contributed by atoms with Crippen molar-refractivity contribution < 1.29 is 4.74 Å². The standard InChI is InChI=1S/C15H18N2O/c16-11-15(17-10-14-6-3-7-18-14)8-12-4-1-2-5-13(12)9-15/h1-2,4-5,14,17H,3,6-10H2. The minimum Gasteiger partial charge on any atom is -0.377 e. The second kappa shape index (κ2) is 4.72. The van der Waals surface area contributed by atoms with Crippen molar-refractivity contribution in [2.24, 2.45) is 0 Å². The fourth-order valence-electron chi connectivity index (χ4n) is 2.97. The Hall–Kier alpha value is -1.37. The van der Waals surface area contributed by atoms with Gasteiger partial charge in [-0.25, -0.2) is 0 Å².